The average molecular weight is 1480 g/mol. The number of rotatable bonds is 16. The fourth-order valence-corrected chi connectivity index (χ4v) is 14.9. The molecular formula is C70H115ClF5N13O13. The summed E-state index contributed by atoms with van der Waals surface area (Å²) in [5.74, 6) is -15.8. The largest absolute Gasteiger partial charge is 0.393 e. The number of alkyl halides is 6. The zero-order valence-corrected chi connectivity index (χ0v) is 63.2. The van der Waals surface area contributed by atoms with Crippen molar-refractivity contribution in [2.45, 2.75) is 223 Å². The summed E-state index contributed by atoms with van der Waals surface area (Å²) >= 11 is 6.38. The van der Waals surface area contributed by atoms with E-state index in [1.165, 1.54) is 73.1 Å². The van der Waals surface area contributed by atoms with Gasteiger partial charge in [-0.05, 0) is 101 Å². The Hall–Kier alpha value is -6.50. The molecule has 3 heterocycles. The van der Waals surface area contributed by atoms with Gasteiger partial charge in [0.15, 0.2) is 0 Å². The fourth-order valence-electron chi connectivity index (χ4n) is 14.4. The number of hydrogen-bond donors (Lipinski definition) is 3. The number of ether oxygens (including phenoxy) is 1. The lowest BCUT2D eigenvalue weighted by molar-refractivity contribution is -0.182. The van der Waals surface area contributed by atoms with Gasteiger partial charge in [-0.15, -0.1) is 11.6 Å². The molecule has 0 spiro atoms. The Balaban J connectivity index is 1.63. The molecule has 12 atom stereocenters. The molecule has 26 nitrogen and oxygen atoms in total. The van der Waals surface area contributed by atoms with E-state index in [-0.39, 0.29) is 64.0 Å². The molecule has 0 radical (unpaired) electrons. The Morgan fingerprint density at radius 1 is 0.608 bits per heavy atom. The monoisotopic (exact) mass is 1480 g/mol. The lowest BCUT2D eigenvalue weighted by atomic mass is 9.78. The smallest absolute Gasteiger partial charge is 0.379 e. The van der Waals surface area contributed by atoms with Crippen molar-refractivity contribution < 1.29 is 84.2 Å². The van der Waals surface area contributed by atoms with Crippen molar-refractivity contribution in [1.29, 1.82) is 0 Å². The zero-order valence-electron chi connectivity index (χ0n) is 62.4. The molecule has 3 N–H and O–H groups in total. The van der Waals surface area contributed by atoms with E-state index in [2.05, 4.69) is 16.0 Å². The maximum absolute atomic E-state index is 15.3. The highest BCUT2D eigenvalue weighted by Crippen LogP contribution is 2.44. The second-order valence-electron chi connectivity index (χ2n) is 29.6. The predicted octanol–water partition coefficient (Wildman–Crippen LogP) is 4.19. The van der Waals surface area contributed by atoms with Crippen molar-refractivity contribution in [3.63, 3.8) is 0 Å². The third-order valence-electron chi connectivity index (χ3n) is 21.4. The van der Waals surface area contributed by atoms with Crippen LogP contribution in [0.15, 0.2) is 0 Å². The summed E-state index contributed by atoms with van der Waals surface area (Å²) in [6, 6.07) is -11.3. The summed E-state index contributed by atoms with van der Waals surface area (Å²) in [6.07, 6.45) is 1.24. The van der Waals surface area contributed by atoms with E-state index in [4.69, 9.17) is 16.3 Å². The molecule has 0 aromatic rings. The SMILES string of the molecule is CCCOC[C@@H]1NC(=O)[C@H](CCN2CC(F)(F)C2)N(C)C(=O)[C@H](CCC2CCC(C(F)(F)F)C(Cl)C2)NC(=O)CN(C)C(=O)[C@H](CC2CCCCC2)N(C)C(=O)CN(C)C(=O)CN(C)C(=O)[C@H]([C@@H](C)CC)NC(=O)[C@H](C)N(C)C(=O)C[C@@H](C(=O)N2CCCCC2)N(C)C(=O)[C@H](C(C)C)N(C)C1=O. The number of nitrogens with one attached hydrogen (secondary N) is 3. The van der Waals surface area contributed by atoms with Gasteiger partial charge in [-0.1, -0.05) is 73.1 Å². The molecule has 3 unspecified atom stereocenters. The summed E-state index contributed by atoms with van der Waals surface area (Å²) in [5.41, 5.74) is 0. The van der Waals surface area contributed by atoms with Crippen molar-refractivity contribution in [2.75, 3.05) is 122 Å². The first-order chi connectivity index (χ1) is 47.7. The van der Waals surface area contributed by atoms with Gasteiger partial charge in [-0.3, -0.25) is 62.4 Å². The van der Waals surface area contributed by atoms with Crippen LogP contribution in [0.4, 0.5) is 22.0 Å². The first kappa shape index (κ1) is 86.1. The molecule has 0 aromatic heterocycles. The van der Waals surface area contributed by atoms with E-state index < -0.39 is 206 Å². The Morgan fingerprint density at radius 2 is 1.21 bits per heavy atom. The van der Waals surface area contributed by atoms with Crippen LogP contribution in [0.5, 0.6) is 0 Å². The summed E-state index contributed by atoms with van der Waals surface area (Å²) in [6.45, 7) is 6.89. The highest BCUT2D eigenvalue weighted by molar-refractivity contribution is 6.20. The van der Waals surface area contributed by atoms with Crippen LogP contribution in [-0.4, -0.2) is 308 Å². The van der Waals surface area contributed by atoms with Crippen molar-refractivity contribution in [1.82, 2.24) is 64.9 Å². The number of hydrogen-bond acceptors (Lipinski definition) is 14. The van der Waals surface area contributed by atoms with E-state index in [0.717, 1.165) is 72.8 Å². The standard InChI is InChI=1S/C70H115ClF5N13O13/c1-15-33-102-40-51-64(97)87(14)60(43(3)4)68(101)86(13)54(66(99)89-30-21-18-22-31-89)36-56(91)83(10)45(6)61(94)79-59(44(5)16-2)67(100)82(9)38-57(92)80(7)39-58(93)84(11)53(35-46-23-19-17-20-24-46)65(98)81(8)37-55(90)77-50(28-26-47-25-27-48(49(71)34-47)70(74,75)76)63(96)85(12)52(62(95)78-51)29-32-88-41-69(72,73)42-88/h43-54,59-60H,15-42H2,1-14H3,(H,77,90)(H,78,95)(H,79,94)/t44-,45-,47?,48?,49?,50-,51-,52-,53-,54-,59-,60-/m0/s1. The Labute approximate surface area is 603 Å². The van der Waals surface area contributed by atoms with Gasteiger partial charge < -0.3 is 64.8 Å². The molecule has 0 aromatic carbocycles. The van der Waals surface area contributed by atoms with Crippen molar-refractivity contribution in [3.05, 3.63) is 0 Å². The molecule has 5 fully saturated rings. The van der Waals surface area contributed by atoms with Crippen LogP contribution in [0.3, 0.4) is 0 Å². The van der Waals surface area contributed by atoms with Crippen molar-refractivity contribution >= 4 is 82.5 Å². The van der Waals surface area contributed by atoms with Gasteiger partial charge in [-0.25, -0.2) is 8.78 Å². The number of likely N-dealkylation sites (tertiary alicyclic amines) is 2. The molecule has 2 saturated carbocycles. The topological polar surface area (TPSA) is 283 Å². The van der Waals surface area contributed by atoms with Crippen LogP contribution in [0.25, 0.3) is 0 Å². The third-order valence-corrected chi connectivity index (χ3v) is 21.9. The normalized spacial score (nSPS) is 29.1. The highest BCUT2D eigenvalue weighted by atomic mass is 35.5. The maximum atomic E-state index is 15.3. The zero-order chi connectivity index (χ0) is 76.4. The van der Waals surface area contributed by atoms with Gasteiger partial charge in [0.1, 0.15) is 48.3 Å². The molecule has 2 aliphatic carbocycles. The number of amides is 12. The first-order valence-electron chi connectivity index (χ1n) is 36.4. The van der Waals surface area contributed by atoms with E-state index in [1.54, 1.807) is 39.5 Å². The van der Waals surface area contributed by atoms with Gasteiger partial charge in [0.05, 0.1) is 51.7 Å². The van der Waals surface area contributed by atoms with E-state index in [0.29, 0.717) is 38.8 Å². The van der Waals surface area contributed by atoms with E-state index in [9.17, 15) is 60.3 Å². The Morgan fingerprint density at radius 3 is 1.78 bits per heavy atom. The van der Waals surface area contributed by atoms with Crippen molar-refractivity contribution in [2.24, 2.45) is 29.6 Å². The average Bonchev–Trinajstić information content (AvgIpc) is 0.815. The van der Waals surface area contributed by atoms with Crippen LogP contribution in [-0.2, 0) is 62.3 Å². The number of likely N-dealkylation sites (N-methyl/N-ethyl adjacent to an activating group) is 8. The predicted molar refractivity (Wildman–Crippen MR) is 371 cm³/mol. The Kier molecular flexibility index (Phi) is 33.0. The molecule has 0 bridgehead atoms. The minimum Gasteiger partial charge on any atom is -0.379 e. The highest BCUT2D eigenvalue weighted by Gasteiger charge is 2.49. The third kappa shape index (κ3) is 23.8. The number of nitrogens with zero attached hydrogens (tertiary/aromatic N) is 10. The maximum Gasteiger partial charge on any atom is 0.393 e. The molecule has 102 heavy (non-hydrogen) atoms. The second kappa shape index (κ2) is 39.0. The lowest BCUT2D eigenvalue weighted by Crippen LogP contribution is -2.62. The summed E-state index contributed by atoms with van der Waals surface area (Å²) in [4.78, 5) is 189. The molecule has 12 amide bonds. The quantitative estimate of drug-likeness (QED) is 0.111. The number of halogens is 6. The minimum atomic E-state index is -4.57. The second-order valence-corrected chi connectivity index (χ2v) is 30.2. The minimum absolute atomic E-state index is 0.0226. The van der Waals surface area contributed by atoms with E-state index in [1.807, 2.05) is 0 Å². The molecule has 3 saturated heterocycles. The van der Waals surface area contributed by atoms with Gasteiger partial charge >= 0.3 is 6.18 Å². The van der Waals surface area contributed by atoms with Crippen LogP contribution in [0, 0.1) is 29.6 Å². The van der Waals surface area contributed by atoms with Gasteiger partial charge in [0, 0.05) is 88.0 Å². The molecule has 5 aliphatic rings. The summed E-state index contributed by atoms with van der Waals surface area (Å²) < 4.78 is 76.8. The van der Waals surface area contributed by atoms with Gasteiger partial charge in [-0.2, -0.15) is 13.2 Å². The lowest BCUT2D eigenvalue weighted by Gasteiger charge is -2.40. The molecule has 580 valence electrons. The van der Waals surface area contributed by atoms with Crippen LogP contribution in [0.2, 0.25) is 0 Å². The fraction of sp³-hybridized carbons (Fsp3) is 0.829. The van der Waals surface area contributed by atoms with E-state index >= 15 is 19.2 Å². The number of carbonyl (C=O) groups excluding carboxylic acids is 12. The van der Waals surface area contributed by atoms with Crippen LogP contribution < -0.4 is 16.0 Å². The molecule has 32 heteroatoms. The van der Waals surface area contributed by atoms with Gasteiger partial charge in [0.2, 0.25) is 70.9 Å². The summed E-state index contributed by atoms with van der Waals surface area (Å²) in [5, 5.41) is 6.89. The molecular weight excluding hydrogens is 1360 g/mol. The molecule has 3 aliphatic heterocycles. The van der Waals surface area contributed by atoms with Crippen molar-refractivity contribution in [3.8, 4) is 0 Å². The summed E-state index contributed by atoms with van der Waals surface area (Å²) in [7, 11) is 10.6. The van der Waals surface area contributed by atoms with Gasteiger partial charge in [0.25, 0.3) is 5.92 Å². The molecule has 5 rings (SSSR count). The number of carbonyl (C=O) groups is 12. The number of piperidine rings is 1. The first-order valence-corrected chi connectivity index (χ1v) is 36.8. The Bertz CT molecular complexity index is 2900. The van der Waals surface area contributed by atoms with Crippen LogP contribution in [0.1, 0.15) is 157 Å². The van der Waals surface area contributed by atoms with Crippen LogP contribution >= 0.6 is 11.6 Å².